The molecule has 0 atom stereocenters. The second-order valence-corrected chi connectivity index (χ2v) is 7.11. The Hall–Kier alpha value is -0.920. The fourth-order valence-electron chi connectivity index (χ4n) is 1.90. The third-order valence-electron chi connectivity index (χ3n) is 3.31. The number of amides is 1. The lowest BCUT2D eigenvalue weighted by Gasteiger charge is -2.26. The van der Waals surface area contributed by atoms with Gasteiger partial charge in [-0.15, -0.1) is 0 Å². The molecule has 7 heteroatoms. The van der Waals surface area contributed by atoms with Crippen molar-refractivity contribution in [2.45, 2.75) is 37.1 Å². The van der Waals surface area contributed by atoms with Crippen LogP contribution >= 0.6 is 15.9 Å². The van der Waals surface area contributed by atoms with Crippen LogP contribution < -0.4 is 10.5 Å². The Morgan fingerprint density at radius 1 is 1.42 bits per heavy atom. The number of carbonyl (C=O) groups is 1. The second kappa shape index (κ2) is 5.22. The summed E-state index contributed by atoms with van der Waals surface area (Å²) in [5.41, 5.74) is 0.802. The first-order valence-electron chi connectivity index (χ1n) is 5.93. The van der Waals surface area contributed by atoms with Crippen LogP contribution in [0.5, 0.6) is 0 Å². The second-order valence-electron chi connectivity index (χ2n) is 4.73. The van der Waals surface area contributed by atoms with Crippen molar-refractivity contribution < 1.29 is 13.2 Å². The maximum absolute atomic E-state index is 12.0. The van der Waals surface area contributed by atoms with E-state index in [0.29, 0.717) is 15.6 Å². The lowest BCUT2D eigenvalue weighted by Crippen LogP contribution is -2.39. The number of carbonyl (C=O) groups excluding carboxylic acids is 1. The fourth-order valence-corrected chi connectivity index (χ4v) is 3.32. The highest BCUT2D eigenvalue weighted by molar-refractivity contribution is 9.10. The molecule has 0 unspecified atom stereocenters. The van der Waals surface area contributed by atoms with Gasteiger partial charge in [0, 0.05) is 16.1 Å². The molecule has 0 bridgehead atoms. The van der Waals surface area contributed by atoms with Crippen molar-refractivity contribution in [2.24, 2.45) is 5.14 Å². The summed E-state index contributed by atoms with van der Waals surface area (Å²) < 4.78 is 23.5. The predicted octanol–water partition coefficient (Wildman–Crippen LogP) is 1.69. The molecule has 0 heterocycles. The van der Waals surface area contributed by atoms with Gasteiger partial charge in [-0.1, -0.05) is 15.9 Å². The Morgan fingerprint density at radius 2 is 2.05 bits per heavy atom. The molecule has 2 rings (SSSR count). The van der Waals surface area contributed by atoms with Crippen LogP contribution in [0.1, 0.15) is 35.2 Å². The van der Waals surface area contributed by atoms with E-state index in [-0.39, 0.29) is 16.8 Å². The number of nitrogens with one attached hydrogen (secondary N) is 1. The minimum absolute atomic E-state index is 0.0272. The van der Waals surface area contributed by atoms with Gasteiger partial charge >= 0.3 is 0 Å². The van der Waals surface area contributed by atoms with E-state index < -0.39 is 10.0 Å². The van der Waals surface area contributed by atoms with Gasteiger partial charge in [-0.25, -0.2) is 13.6 Å². The normalized spacial score (nSPS) is 15.9. The summed E-state index contributed by atoms with van der Waals surface area (Å²) >= 11 is 3.25. The van der Waals surface area contributed by atoms with Crippen LogP contribution in [0.15, 0.2) is 21.5 Å². The number of sulfonamides is 1. The largest absolute Gasteiger partial charge is 0.349 e. The summed E-state index contributed by atoms with van der Waals surface area (Å²) in [5, 5.41) is 8.02. The van der Waals surface area contributed by atoms with Crippen LogP contribution in [0, 0.1) is 6.92 Å². The van der Waals surface area contributed by atoms with Crippen LogP contribution in [-0.2, 0) is 10.0 Å². The van der Waals surface area contributed by atoms with Gasteiger partial charge in [-0.2, -0.15) is 0 Å². The van der Waals surface area contributed by atoms with E-state index in [1.807, 2.05) is 0 Å². The van der Waals surface area contributed by atoms with Gasteiger partial charge in [0.2, 0.25) is 10.0 Å². The van der Waals surface area contributed by atoms with Gasteiger partial charge in [0.1, 0.15) is 0 Å². The Balaban J connectivity index is 2.36. The third-order valence-corrected chi connectivity index (χ3v) is 5.17. The molecule has 104 valence electrons. The molecule has 0 radical (unpaired) electrons. The standard InChI is InChI=1S/C12H15BrN2O3S/c1-7-10(13)5-8(6-11(7)19(14,17)18)12(16)15-9-3-2-4-9/h5-6,9H,2-4H2,1H3,(H,15,16)(H2,14,17,18). The summed E-state index contributed by atoms with van der Waals surface area (Å²) in [4.78, 5) is 12.0. The number of primary sulfonamides is 1. The van der Waals surface area contributed by atoms with Crippen molar-refractivity contribution in [3.8, 4) is 0 Å². The smallest absolute Gasteiger partial charge is 0.251 e. The molecule has 1 aliphatic rings. The van der Waals surface area contributed by atoms with E-state index >= 15 is 0 Å². The molecule has 1 amide bonds. The molecule has 1 aromatic rings. The molecule has 3 N–H and O–H groups in total. The van der Waals surface area contributed by atoms with Crippen molar-refractivity contribution >= 4 is 31.9 Å². The van der Waals surface area contributed by atoms with Crippen molar-refractivity contribution in [3.63, 3.8) is 0 Å². The van der Waals surface area contributed by atoms with Crippen LogP contribution in [0.2, 0.25) is 0 Å². The molecule has 19 heavy (non-hydrogen) atoms. The van der Waals surface area contributed by atoms with E-state index in [1.54, 1.807) is 13.0 Å². The number of benzene rings is 1. The van der Waals surface area contributed by atoms with E-state index in [2.05, 4.69) is 21.2 Å². The molecule has 0 aromatic heterocycles. The maximum atomic E-state index is 12.0. The number of rotatable bonds is 3. The predicted molar refractivity (Wildman–Crippen MR) is 75.4 cm³/mol. The summed E-state index contributed by atoms with van der Waals surface area (Å²) in [6, 6.07) is 3.13. The third kappa shape index (κ3) is 3.16. The zero-order valence-corrected chi connectivity index (χ0v) is 12.8. The quantitative estimate of drug-likeness (QED) is 0.872. The van der Waals surface area contributed by atoms with Crippen molar-refractivity contribution in [1.82, 2.24) is 5.32 Å². The van der Waals surface area contributed by atoms with E-state index in [9.17, 15) is 13.2 Å². The zero-order chi connectivity index (χ0) is 14.2. The van der Waals surface area contributed by atoms with E-state index in [0.717, 1.165) is 19.3 Å². The fraction of sp³-hybridized carbons (Fsp3) is 0.417. The van der Waals surface area contributed by atoms with Gasteiger partial charge in [-0.3, -0.25) is 4.79 Å². The van der Waals surface area contributed by atoms with Crippen LogP contribution in [0.3, 0.4) is 0 Å². The average molecular weight is 347 g/mol. The lowest BCUT2D eigenvalue weighted by molar-refractivity contribution is 0.0916. The van der Waals surface area contributed by atoms with Gasteiger partial charge in [-0.05, 0) is 43.9 Å². The van der Waals surface area contributed by atoms with Crippen molar-refractivity contribution in [2.75, 3.05) is 0 Å². The highest BCUT2D eigenvalue weighted by Crippen LogP contribution is 2.26. The van der Waals surface area contributed by atoms with Crippen molar-refractivity contribution in [1.29, 1.82) is 0 Å². The minimum atomic E-state index is -3.84. The molecule has 1 aromatic carbocycles. The first-order chi connectivity index (χ1) is 8.79. The summed E-state index contributed by atoms with van der Waals surface area (Å²) in [6.07, 6.45) is 3.06. The van der Waals surface area contributed by atoms with Gasteiger partial charge in [0.05, 0.1) is 4.90 Å². The SMILES string of the molecule is Cc1c(Br)cc(C(=O)NC2CCC2)cc1S(N)(=O)=O. The van der Waals surface area contributed by atoms with Gasteiger partial charge in [0.25, 0.3) is 5.91 Å². The first-order valence-corrected chi connectivity index (χ1v) is 8.27. The summed E-state index contributed by atoms with van der Waals surface area (Å²) in [6.45, 7) is 1.64. The molecular weight excluding hydrogens is 332 g/mol. The molecule has 1 fully saturated rings. The zero-order valence-electron chi connectivity index (χ0n) is 10.4. The molecule has 5 nitrogen and oxygen atoms in total. The average Bonchev–Trinajstić information content (AvgIpc) is 2.25. The monoisotopic (exact) mass is 346 g/mol. The van der Waals surface area contributed by atoms with Crippen LogP contribution in [0.25, 0.3) is 0 Å². The molecular formula is C12H15BrN2O3S. The summed E-state index contributed by atoms with van der Waals surface area (Å²) in [5.74, 6) is -0.268. The Morgan fingerprint density at radius 3 is 2.53 bits per heavy atom. The Bertz CT molecular complexity index is 624. The highest BCUT2D eigenvalue weighted by atomic mass is 79.9. The summed E-state index contributed by atoms with van der Waals surface area (Å²) in [7, 11) is -3.84. The Kier molecular flexibility index (Phi) is 3.98. The van der Waals surface area contributed by atoms with Crippen LogP contribution in [0.4, 0.5) is 0 Å². The molecule has 1 saturated carbocycles. The maximum Gasteiger partial charge on any atom is 0.251 e. The van der Waals surface area contributed by atoms with Gasteiger partial charge < -0.3 is 5.32 Å². The lowest BCUT2D eigenvalue weighted by atomic mass is 9.93. The van der Waals surface area contributed by atoms with Gasteiger partial charge in [0.15, 0.2) is 0 Å². The molecule has 0 spiro atoms. The minimum Gasteiger partial charge on any atom is -0.349 e. The van der Waals surface area contributed by atoms with Crippen LogP contribution in [-0.4, -0.2) is 20.4 Å². The molecule has 0 aliphatic heterocycles. The first kappa shape index (κ1) is 14.5. The Labute approximate surface area is 120 Å². The highest BCUT2D eigenvalue weighted by Gasteiger charge is 2.22. The number of halogens is 1. The number of hydrogen-bond donors (Lipinski definition) is 2. The van der Waals surface area contributed by atoms with E-state index in [1.165, 1.54) is 6.07 Å². The topological polar surface area (TPSA) is 89.3 Å². The number of hydrogen-bond acceptors (Lipinski definition) is 3. The number of nitrogens with two attached hydrogens (primary N) is 1. The molecule has 0 saturated heterocycles. The van der Waals surface area contributed by atoms with E-state index in [4.69, 9.17) is 5.14 Å². The van der Waals surface area contributed by atoms with Crippen molar-refractivity contribution in [3.05, 3.63) is 27.7 Å². The molecule has 1 aliphatic carbocycles.